The van der Waals surface area contributed by atoms with Gasteiger partial charge in [-0.15, -0.1) is 0 Å². The van der Waals surface area contributed by atoms with E-state index in [4.69, 9.17) is 0 Å². The number of anilines is 2. The number of benzene rings is 1. The van der Waals surface area contributed by atoms with Crippen LogP contribution in [0.3, 0.4) is 0 Å². The van der Waals surface area contributed by atoms with Crippen molar-refractivity contribution < 1.29 is 13.6 Å². The lowest BCUT2D eigenvalue weighted by Crippen LogP contribution is -2.48. The third-order valence-electron chi connectivity index (χ3n) is 7.72. The summed E-state index contributed by atoms with van der Waals surface area (Å²) in [6, 6.07) is 6.34. The molecule has 9 nitrogen and oxygen atoms in total. The van der Waals surface area contributed by atoms with Crippen LogP contribution in [0, 0.1) is 11.6 Å². The first kappa shape index (κ1) is 25.3. The van der Waals surface area contributed by atoms with E-state index in [1.165, 1.54) is 12.3 Å². The van der Waals surface area contributed by atoms with Crippen LogP contribution in [0.1, 0.15) is 43.4 Å². The van der Waals surface area contributed by atoms with Crippen LogP contribution in [-0.4, -0.2) is 72.9 Å². The van der Waals surface area contributed by atoms with Crippen molar-refractivity contribution >= 4 is 28.7 Å². The number of nitrogens with one attached hydrogen (secondary N) is 1. The van der Waals surface area contributed by atoms with Crippen LogP contribution in [0.25, 0.3) is 22.3 Å². The van der Waals surface area contributed by atoms with Crippen LogP contribution in [0.5, 0.6) is 0 Å². The summed E-state index contributed by atoms with van der Waals surface area (Å²) in [7, 11) is 0. The maximum Gasteiger partial charge on any atom is 0.255 e. The van der Waals surface area contributed by atoms with Gasteiger partial charge in [-0.3, -0.25) is 4.79 Å². The average Bonchev–Trinajstić information content (AvgIpc) is 3.47. The first-order valence-electron chi connectivity index (χ1n) is 13.2. The fraction of sp³-hybridized carbons (Fsp3) is 0.393. The number of amides is 1. The molecule has 0 radical (unpaired) electrons. The molecule has 0 aliphatic carbocycles. The highest BCUT2D eigenvalue weighted by atomic mass is 19.1. The highest BCUT2D eigenvalue weighted by Crippen LogP contribution is 2.38. The number of piperazine rings is 1. The summed E-state index contributed by atoms with van der Waals surface area (Å²) in [4.78, 5) is 34.2. The van der Waals surface area contributed by atoms with E-state index in [1.54, 1.807) is 18.2 Å². The Bertz CT molecular complexity index is 1560. The molecule has 1 saturated heterocycles. The monoisotopic (exact) mass is 532 g/mol. The van der Waals surface area contributed by atoms with Gasteiger partial charge in [0.15, 0.2) is 11.6 Å². The molecule has 1 aromatic carbocycles. The van der Waals surface area contributed by atoms with E-state index in [1.807, 2.05) is 9.47 Å². The minimum absolute atomic E-state index is 0.0299. The fourth-order valence-corrected chi connectivity index (χ4v) is 5.48. The molecule has 0 atom stereocenters. The molecule has 4 aromatic rings. The largest absolute Gasteiger partial charge is 0.336 e. The van der Waals surface area contributed by atoms with Gasteiger partial charge in [0.1, 0.15) is 22.9 Å². The molecule has 3 aromatic heterocycles. The molecule has 0 unspecified atom stereocenters. The van der Waals surface area contributed by atoms with Gasteiger partial charge in [0.05, 0.1) is 17.3 Å². The van der Waals surface area contributed by atoms with Gasteiger partial charge in [-0.25, -0.2) is 28.7 Å². The zero-order chi connectivity index (χ0) is 27.3. The lowest BCUT2D eigenvalue weighted by atomic mass is 10.0. The molecule has 2 aliphatic rings. The Hall–Kier alpha value is -3.99. The number of carbonyl (C=O) groups excluding carboxylic acids is 1. The summed E-state index contributed by atoms with van der Waals surface area (Å²) in [6.45, 7) is 10.3. The maximum absolute atomic E-state index is 15.1. The molecule has 2 aliphatic heterocycles. The van der Waals surface area contributed by atoms with Crippen LogP contribution < -0.4 is 5.32 Å². The number of fused-ring (bicyclic) bond motifs is 3. The molecule has 11 heteroatoms. The van der Waals surface area contributed by atoms with Gasteiger partial charge in [0.2, 0.25) is 5.95 Å². The summed E-state index contributed by atoms with van der Waals surface area (Å²) in [6.07, 6.45) is 4.22. The normalized spacial score (nSPS) is 17.0. The number of imidazole rings is 1. The standard InChI is InChI=1S/C28H30F2N8O/c1-4-36-9-11-37(12-10-36)26(39)17-5-6-22(31-15-17)33-27-32-16-20(30)24(35-27)18-13-19(29)25-21(14-18)38-23(34-25)7-8-28(38,2)3/h5-6,13-16H,4,7-12H2,1-3H3,(H,31,32,33,35). The van der Waals surface area contributed by atoms with Crippen LogP contribution in [0.2, 0.25) is 0 Å². The predicted octanol–water partition coefficient (Wildman–Crippen LogP) is 4.37. The van der Waals surface area contributed by atoms with Crippen molar-refractivity contribution in [3.05, 3.63) is 59.7 Å². The number of halogens is 2. The van der Waals surface area contributed by atoms with Crippen molar-refractivity contribution in [2.75, 3.05) is 38.0 Å². The molecule has 5 heterocycles. The zero-order valence-corrected chi connectivity index (χ0v) is 22.2. The number of carbonyl (C=O) groups is 1. The topological polar surface area (TPSA) is 92.1 Å². The van der Waals surface area contributed by atoms with Gasteiger partial charge in [-0.2, -0.15) is 0 Å². The molecule has 0 saturated carbocycles. The second-order valence-corrected chi connectivity index (χ2v) is 10.7. The molecular weight excluding hydrogens is 502 g/mol. The van der Waals surface area contributed by atoms with E-state index >= 15 is 4.39 Å². The Morgan fingerprint density at radius 2 is 1.82 bits per heavy atom. The fourth-order valence-electron chi connectivity index (χ4n) is 5.48. The Morgan fingerprint density at radius 3 is 2.54 bits per heavy atom. The molecule has 6 rings (SSSR count). The van der Waals surface area contributed by atoms with Gasteiger partial charge in [-0.05, 0) is 51.1 Å². The molecule has 39 heavy (non-hydrogen) atoms. The molecule has 202 valence electrons. The van der Waals surface area contributed by atoms with E-state index in [0.29, 0.717) is 35.6 Å². The molecule has 0 bridgehead atoms. The third kappa shape index (κ3) is 4.60. The van der Waals surface area contributed by atoms with Crippen molar-refractivity contribution in [3.8, 4) is 11.3 Å². The maximum atomic E-state index is 15.1. The number of hydrogen-bond acceptors (Lipinski definition) is 7. The number of pyridine rings is 1. The van der Waals surface area contributed by atoms with E-state index < -0.39 is 11.6 Å². The summed E-state index contributed by atoms with van der Waals surface area (Å²) >= 11 is 0. The van der Waals surface area contributed by atoms with Crippen LogP contribution in [0.4, 0.5) is 20.5 Å². The molecule has 1 amide bonds. The van der Waals surface area contributed by atoms with Crippen molar-refractivity contribution in [1.29, 1.82) is 0 Å². The zero-order valence-electron chi connectivity index (χ0n) is 22.2. The van der Waals surface area contributed by atoms with E-state index in [9.17, 15) is 9.18 Å². The minimum Gasteiger partial charge on any atom is -0.336 e. The average molecular weight is 533 g/mol. The van der Waals surface area contributed by atoms with Gasteiger partial charge in [0.25, 0.3) is 5.91 Å². The molecule has 1 fully saturated rings. The molecule has 1 N–H and O–H groups in total. The minimum atomic E-state index is -0.670. The Morgan fingerprint density at radius 1 is 1.03 bits per heavy atom. The second-order valence-electron chi connectivity index (χ2n) is 10.7. The number of nitrogens with zero attached hydrogens (tertiary/aromatic N) is 7. The Labute approximate surface area is 224 Å². The van der Waals surface area contributed by atoms with Crippen LogP contribution in [-0.2, 0) is 12.0 Å². The van der Waals surface area contributed by atoms with Gasteiger partial charge in [-0.1, -0.05) is 6.92 Å². The summed E-state index contributed by atoms with van der Waals surface area (Å²) in [5.41, 5.74) is 1.44. The predicted molar refractivity (Wildman–Crippen MR) is 144 cm³/mol. The lowest BCUT2D eigenvalue weighted by molar-refractivity contribution is 0.0643. The van der Waals surface area contributed by atoms with Gasteiger partial charge < -0.3 is 19.7 Å². The molecular formula is C28H30F2N8O. The van der Waals surface area contributed by atoms with Crippen molar-refractivity contribution in [2.45, 2.75) is 39.2 Å². The van der Waals surface area contributed by atoms with E-state index in [0.717, 1.165) is 44.5 Å². The van der Waals surface area contributed by atoms with Crippen LogP contribution in [0.15, 0.2) is 36.7 Å². The summed E-state index contributed by atoms with van der Waals surface area (Å²) in [5, 5.41) is 2.96. The summed E-state index contributed by atoms with van der Waals surface area (Å²) in [5.74, 6) is 0.0809. The van der Waals surface area contributed by atoms with Gasteiger partial charge in [0, 0.05) is 49.9 Å². The Balaban J connectivity index is 1.24. The van der Waals surface area contributed by atoms with Crippen molar-refractivity contribution in [1.82, 2.24) is 34.3 Å². The van der Waals surface area contributed by atoms with E-state index in [2.05, 4.69) is 50.9 Å². The lowest BCUT2D eigenvalue weighted by Gasteiger charge is -2.34. The SMILES string of the molecule is CCN1CCN(C(=O)c2ccc(Nc3ncc(F)c(-c4cc(F)c5nc6n(c5c4)C(C)(C)CC6)n3)nc2)CC1. The first-order valence-corrected chi connectivity index (χ1v) is 13.2. The highest BCUT2D eigenvalue weighted by Gasteiger charge is 2.33. The molecule has 0 spiro atoms. The Kier molecular flexibility index (Phi) is 6.25. The number of aryl methyl sites for hydroxylation is 1. The second kappa shape index (κ2) is 9.64. The number of rotatable bonds is 5. The smallest absolute Gasteiger partial charge is 0.255 e. The number of likely N-dealkylation sites (N-methyl/N-ethyl adjacent to an activating group) is 1. The van der Waals surface area contributed by atoms with Crippen LogP contribution >= 0.6 is 0 Å². The number of aromatic nitrogens is 5. The van der Waals surface area contributed by atoms with Crippen molar-refractivity contribution in [3.63, 3.8) is 0 Å². The quantitative estimate of drug-likeness (QED) is 0.408. The third-order valence-corrected chi connectivity index (χ3v) is 7.72. The van der Waals surface area contributed by atoms with E-state index in [-0.39, 0.29) is 28.6 Å². The van der Waals surface area contributed by atoms with Crippen molar-refractivity contribution in [2.24, 2.45) is 0 Å². The van der Waals surface area contributed by atoms with Gasteiger partial charge >= 0.3 is 0 Å². The summed E-state index contributed by atoms with van der Waals surface area (Å²) < 4.78 is 32.0. The number of hydrogen-bond donors (Lipinski definition) is 1. The highest BCUT2D eigenvalue weighted by molar-refractivity contribution is 5.94. The first-order chi connectivity index (χ1) is 18.7.